The molecule has 2 aromatic carbocycles. The average molecular weight is 393 g/mol. The fourth-order valence-electron chi connectivity index (χ4n) is 3.30. The van der Waals surface area contributed by atoms with Crippen molar-refractivity contribution in [1.29, 1.82) is 0 Å². The monoisotopic (exact) mass is 392 g/mol. The highest BCUT2D eigenvalue weighted by Crippen LogP contribution is 2.18. The van der Waals surface area contributed by atoms with Crippen LogP contribution in [0.3, 0.4) is 0 Å². The first-order valence-electron chi connectivity index (χ1n) is 10.0. The van der Waals surface area contributed by atoms with Gasteiger partial charge in [0, 0.05) is 19.0 Å². The Morgan fingerprint density at radius 2 is 1.76 bits per heavy atom. The number of para-hydroxylation sites is 2. The number of nitrogens with one attached hydrogen (secondary N) is 1. The molecule has 1 N–H and O–H groups in total. The van der Waals surface area contributed by atoms with E-state index < -0.39 is 0 Å². The van der Waals surface area contributed by atoms with Gasteiger partial charge in [-0.1, -0.05) is 49.4 Å². The second-order valence-corrected chi connectivity index (χ2v) is 7.33. The number of imidazole rings is 1. The van der Waals surface area contributed by atoms with E-state index in [-0.39, 0.29) is 24.4 Å². The number of fused-ring (bicyclic) bond motifs is 1. The molecule has 0 unspecified atom stereocenters. The topological polar surface area (TPSA) is 67.2 Å². The largest absolute Gasteiger partial charge is 0.349 e. The molecule has 0 saturated heterocycles. The Kier molecular flexibility index (Phi) is 6.65. The van der Waals surface area contributed by atoms with Gasteiger partial charge >= 0.3 is 0 Å². The van der Waals surface area contributed by atoms with E-state index in [1.807, 2.05) is 84.8 Å². The van der Waals surface area contributed by atoms with E-state index in [0.29, 0.717) is 25.3 Å². The summed E-state index contributed by atoms with van der Waals surface area (Å²) in [7, 11) is 0. The van der Waals surface area contributed by atoms with E-state index in [4.69, 9.17) is 0 Å². The third-order valence-corrected chi connectivity index (χ3v) is 4.93. The molecule has 0 atom stereocenters. The smallest absolute Gasteiger partial charge is 0.243 e. The van der Waals surface area contributed by atoms with Crippen LogP contribution >= 0.6 is 0 Å². The lowest BCUT2D eigenvalue weighted by molar-refractivity contribution is -0.134. The van der Waals surface area contributed by atoms with Gasteiger partial charge in [-0.15, -0.1) is 0 Å². The molecular weight excluding hydrogens is 364 g/mol. The van der Waals surface area contributed by atoms with Crippen LogP contribution in [0.2, 0.25) is 0 Å². The average Bonchev–Trinajstić information content (AvgIpc) is 3.08. The Balaban J connectivity index is 1.86. The van der Waals surface area contributed by atoms with Gasteiger partial charge in [-0.05, 0) is 31.5 Å². The molecule has 2 amide bonds. The first-order chi connectivity index (χ1) is 14.0. The Hall–Kier alpha value is -3.15. The first-order valence-corrected chi connectivity index (χ1v) is 10.0. The molecule has 0 aliphatic rings. The second-order valence-electron chi connectivity index (χ2n) is 7.33. The van der Waals surface area contributed by atoms with Crippen LogP contribution < -0.4 is 5.32 Å². The summed E-state index contributed by atoms with van der Waals surface area (Å²) in [5.74, 6) is 0.669. The third kappa shape index (κ3) is 5.02. The molecule has 0 aliphatic heterocycles. The highest BCUT2D eigenvalue weighted by atomic mass is 16.2. The third-order valence-electron chi connectivity index (χ3n) is 4.93. The van der Waals surface area contributed by atoms with Gasteiger partial charge in [-0.2, -0.15) is 0 Å². The molecule has 29 heavy (non-hydrogen) atoms. The van der Waals surface area contributed by atoms with Crippen molar-refractivity contribution in [2.45, 2.75) is 52.9 Å². The first kappa shape index (κ1) is 20.6. The lowest BCUT2D eigenvalue weighted by atomic mass is 10.2. The Bertz CT molecular complexity index is 979. The fraction of sp³-hybridized carbons (Fsp3) is 0.348. The van der Waals surface area contributed by atoms with Gasteiger partial charge in [-0.25, -0.2) is 4.98 Å². The molecule has 0 radical (unpaired) electrons. The van der Waals surface area contributed by atoms with Gasteiger partial charge in [0.15, 0.2) is 0 Å². The molecule has 3 rings (SSSR count). The van der Waals surface area contributed by atoms with Crippen molar-refractivity contribution in [2.75, 3.05) is 0 Å². The lowest BCUT2D eigenvalue weighted by Gasteiger charge is -2.27. The number of aromatic nitrogens is 2. The molecule has 1 heterocycles. The van der Waals surface area contributed by atoms with Crippen molar-refractivity contribution in [3.8, 4) is 0 Å². The minimum Gasteiger partial charge on any atom is -0.349 e. The van der Waals surface area contributed by atoms with E-state index in [1.54, 1.807) is 0 Å². The summed E-state index contributed by atoms with van der Waals surface area (Å²) in [6.07, 6.45) is 0.414. The summed E-state index contributed by atoms with van der Waals surface area (Å²) in [5, 5.41) is 2.87. The Labute approximate surface area is 171 Å². The van der Waals surface area contributed by atoms with E-state index in [0.717, 1.165) is 16.6 Å². The molecule has 0 spiro atoms. The van der Waals surface area contributed by atoms with Gasteiger partial charge in [-0.3, -0.25) is 9.59 Å². The van der Waals surface area contributed by atoms with E-state index in [2.05, 4.69) is 10.3 Å². The minimum atomic E-state index is -0.0391. The van der Waals surface area contributed by atoms with Crippen LogP contribution in [-0.4, -0.2) is 32.3 Å². The van der Waals surface area contributed by atoms with Crippen LogP contribution in [0.5, 0.6) is 0 Å². The lowest BCUT2D eigenvalue weighted by Crippen LogP contribution is -2.39. The van der Waals surface area contributed by atoms with Crippen molar-refractivity contribution < 1.29 is 9.59 Å². The molecule has 0 aliphatic carbocycles. The quantitative estimate of drug-likeness (QED) is 0.638. The van der Waals surface area contributed by atoms with Crippen molar-refractivity contribution >= 4 is 22.8 Å². The number of hydrogen-bond donors (Lipinski definition) is 1. The van der Waals surface area contributed by atoms with Crippen LogP contribution in [-0.2, 0) is 29.2 Å². The Morgan fingerprint density at radius 1 is 1.07 bits per heavy atom. The SMILES string of the molecule is CCC(=O)NCc1nc2ccccc2n1CC(=O)N(Cc1ccccc1)C(C)C. The summed E-state index contributed by atoms with van der Waals surface area (Å²) in [5.41, 5.74) is 2.81. The van der Waals surface area contributed by atoms with Gasteiger partial charge < -0.3 is 14.8 Å². The number of rotatable bonds is 8. The molecule has 152 valence electrons. The minimum absolute atomic E-state index is 0.0232. The zero-order valence-electron chi connectivity index (χ0n) is 17.3. The van der Waals surface area contributed by atoms with Gasteiger partial charge in [0.2, 0.25) is 11.8 Å². The number of nitrogens with zero attached hydrogens (tertiary/aromatic N) is 3. The molecule has 0 fully saturated rings. The van der Waals surface area contributed by atoms with Crippen molar-refractivity contribution in [1.82, 2.24) is 19.8 Å². The van der Waals surface area contributed by atoms with Gasteiger partial charge in [0.25, 0.3) is 0 Å². The van der Waals surface area contributed by atoms with Crippen LogP contribution in [0.4, 0.5) is 0 Å². The molecule has 1 aromatic heterocycles. The van der Waals surface area contributed by atoms with Crippen LogP contribution in [0.25, 0.3) is 11.0 Å². The predicted octanol–water partition coefficient (Wildman–Crippen LogP) is 3.50. The summed E-state index contributed by atoms with van der Waals surface area (Å²) in [6, 6.07) is 17.8. The summed E-state index contributed by atoms with van der Waals surface area (Å²) >= 11 is 0. The van der Waals surface area contributed by atoms with E-state index in [1.165, 1.54) is 0 Å². The number of carbonyl (C=O) groups excluding carboxylic acids is 2. The fourth-order valence-corrected chi connectivity index (χ4v) is 3.30. The van der Waals surface area contributed by atoms with Crippen LogP contribution in [0.1, 0.15) is 38.6 Å². The van der Waals surface area contributed by atoms with Crippen LogP contribution in [0, 0.1) is 0 Å². The predicted molar refractivity (Wildman–Crippen MR) is 114 cm³/mol. The number of carbonyl (C=O) groups is 2. The van der Waals surface area contributed by atoms with Crippen molar-refractivity contribution in [3.05, 3.63) is 66.0 Å². The van der Waals surface area contributed by atoms with E-state index in [9.17, 15) is 9.59 Å². The number of benzene rings is 2. The molecular formula is C23H28N4O2. The van der Waals surface area contributed by atoms with Gasteiger partial charge in [0.1, 0.15) is 12.4 Å². The maximum absolute atomic E-state index is 13.2. The maximum Gasteiger partial charge on any atom is 0.243 e. The van der Waals surface area contributed by atoms with Gasteiger partial charge in [0.05, 0.1) is 17.6 Å². The molecule has 0 saturated carbocycles. The molecule has 3 aromatic rings. The van der Waals surface area contributed by atoms with Crippen LogP contribution in [0.15, 0.2) is 54.6 Å². The van der Waals surface area contributed by atoms with E-state index >= 15 is 0 Å². The standard InChI is InChI=1S/C23H28N4O2/c1-4-22(28)24-14-21-25-19-12-8-9-13-20(19)27(21)16-23(29)26(17(2)3)15-18-10-6-5-7-11-18/h5-13,17H,4,14-16H2,1-3H3,(H,24,28). The van der Waals surface area contributed by atoms with Crippen molar-refractivity contribution in [2.24, 2.45) is 0 Å². The highest BCUT2D eigenvalue weighted by molar-refractivity contribution is 5.81. The van der Waals surface area contributed by atoms with Crippen molar-refractivity contribution in [3.63, 3.8) is 0 Å². The second kappa shape index (κ2) is 9.37. The zero-order valence-corrected chi connectivity index (χ0v) is 17.3. The molecule has 6 heteroatoms. The zero-order chi connectivity index (χ0) is 20.8. The normalized spacial score (nSPS) is 11.0. The maximum atomic E-state index is 13.2. The Morgan fingerprint density at radius 3 is 2.45 bits per heavy atom. The number of amides is 2. The number of hydrogen-bond acceptors (Lipinski definition) is 3. The summed E-state index contributed by atoms with van der Waals surface area (Å²) in [4.78, 5) is 31.5. The molecule has 0 bridgehead atoms. The summed E-state index contributed by atoms with van der Waals surface area (Å²) < 4.78 is 1.91. The molecule has 6 nitrogen and oxygen atoms in total. The highest BCUT2D eigenvalue weighted by Gasteiger charge is 2.21. The summed E-state index contributed by atoms with van der Waals surface area (Å²) in [6.45, 7) is 6.90.